The summed E-state index contributed by atoms with van der Waals surface area (Å²) in [4.78, 5) is 30.3. The van der Waals surface area contributed by atoms with Crippen molar-refractivity contribution in [1.82, 2.24) is 9.80 Å². The average molecular weight is 401 g/mol. The largest absolute Gasteiger partial charge is 0.486 e. The number of benzene rings is 1. The summed E-state index contributed by atoms with van der Waals surface area (Å²) in [5.74, 6) is 1.69. The van der Waals surface area contributed by atoms with Gasteiger partial charge in [0.15, 0.2) is 17.3 Å². The number of nitrogens with zero attached hydrogens (tertiary/aromatic N) is 2. The molecule has 0 spiro atoms. The predicted octanol–water partition coefficient (Wildman–Crippen LogP) is 3.14. The van der Waals surface area contributed by atoms with Gasteiger partial charge in [-0.25, -0.2) is 0 Å². The van der Waals surface area contributed by atoms with Crippen LogP contribution in [0.3, 0.4) is 0 Å². The second kappa shape index (κ2) is 9.16. The molecule has 1 amide bonds. The first-order valence-electron chi connectivity index (χ1n) is 11.1. The van der Waals surface area contributed by atoms with Crippen molar-refractivity contribution < 1.29 is 19.1 Å². The summed E-state index contributed by atoms with van der Waals surface area (Å²) >= 11 is 0. The quantitative estimate of drug-likeness (QED) is 0.727. The SMILES string of the molecule is CC(C(=O)N1CCC(C(=O)c2ccc3c(c2)OCCO3)CC1)N1CCCCCC1. The molecular formula is C23H32N2O4. The molecule has 158 valence electrons. The van der Waals surface area contributed by atoms with Gasteiger partial charge in [0.1, 0.15) is 13.2 Å². The van der Waals surface area contributed by atoms with E-state index in [0.717, 1.165) is 25.9 Å². The molecule has 1 unspecified atom stereocenters. The van der Waals surface area contributed by atoms with Crippen molar-refractivity contribution in [2.75, 3.05) is 39.4 Å². The van der Waals surface area contributed by atoms with Gasteiger partial charge in [-0.1, -0.05) is 12.8 Å². The topological polar surface area (TPSA) is 59.1 Å². The van der Waals surface area contributed by atoms with Crippen LogP contribution in [0.1, 0.15) is 55.8 Å². The molecule has 3 heterocycles. The molecule has 29 heavy (non-hydrogen) atoms. The zero-order valence-corrected chi connectivity index (χ0v) is 17.4. The molecule has 4 rings (SSSR count). The van der Waals surface area contributed by atoms with Crippen LogP contribution in [-0.2, 0) is 4.79 Å². The van der Waals surface area contributed by atoms with Gasteiger partial charge in [-0.3, -0.25) is 14.5 Å². The summed E-state index contributed by atoms with van der Waals surface area (Å²) in [5, 5.41) is 0. The fraction of sp³-hybridized carbons (Fsp3) is 0.652. The van der Waals surface area contributed by atoms with E-state index in [2.05, 4.69) is 4.90 Å². The van der Waals surface area contributed by atoms with Gasteiger partial charge >= 0.3 is 0 Å². The zero-order chi connectivity index (χ0) is 20.2. The molecule has 0 saturated carbocycles. The third-order valence-electron chi connectivity index (χ3n) is 6.55. The van der Waals surface area contributed by atoms with Crippen LogP contribution in [0.15, 0.2) is 18.2 Å². The Morgan fingerprint density at radius 1 is 0.931 bits per heavy atom. The van der Waals surface area contributed by atoms with Gasteiger partial charge in [0, 0.05) is 24.6 Å². The van der Waals surface area contributed by atoms with Gasteiger partial charge in [-0.2, -0.15) is 0 Å². The molecule has 1 atom stereocenters. The Morgan fingerprint density at radius 3 is 2.28 bits per heavy atom. The monoisotopic (exact) mass is 400 g/mol. The molecule has 3 aliphatic heterocycles. The summed E-state index contributed by atoms with van der Waals surface area (Å²) in [6, 6.07) is 5.39. The molecule has 1 aromatic carbocycles. The standard InChI is InChI=1S/C23H32N2O4/c1-17(24-10-4-2-3-5-11-24)23(27)25-12-8-18(9-13-25)22(26)19-6-7-20-21(16-19)29-15-14-28-20/h6-7,16-18H,2-5,8-15H2,1H3. The highest BCUT2D eigenvalue weighted by Crippen LogP contribution is 2.32. The number of rotatable bonds is 4. The van der Waals surface area contributed by atoms with Gasteiger partial charge < -0.3 is 14.4 Å². The van der Waals surface area contributed by atoms with Crippen LogP contribution in [-0.4, -0.2) is 66.9 Å². The number of likely N-dealkylation sites (tertiary alicyclic amines) is 2. The van der Waals surface area contributed by atoms with Gasteiger partial charge in [0.2, 0.25) is 5.91 Å². The first kappa shape index (κ1) is 20.2. The fourth-order valence-electron chi connectivity index (χ4n) is 4.70. The van der Waals surface area contributed by atoms with Crippen LogP contribution in [0.25, 0.3) is 0 Å². The Kier molecular flexibility index (Phi) is 6.38. The van der Waals surface area contributed by atoms with Crippen molar-refractivity contribution >= 4 is 11.7 Å². The highest BCUT2D eigenvalue weighted by Gasteiger charge is 2.32. The van der Waals surface area contributed by atoms with Crippen LogP contribution in [0.5, 0.6) is 11.5 Å². The second-order valence-corrected chi connectivity index (χ2v) is 8.45. The number of carbonyl (C=O) groups is 2. The maximum Gasteiger partial charge on any atom is 0.239 e. The maximum atomic E-state index is 13.0. The number of hydrogen-bond acceptors (Lipinski definition) is 5. The summed E-state index contributed by atoms with van der Waals surface area (Å²) in [6.07, 6.45) is 6.36. The molecule has 3 aliphatic rings. The number of carbonyl (C=O) groups excluding carboxylic acids is 2. The highest BCUT2D eigenvalue weighted by atomic mass is 16.6. The van der Waals surface area contributed by atoms with Crippen LogP contribution >= 0.6 is 0 Å². The van der Waals surface area contributed by atoms with Crippen molar-refractivity contribution in [3.63, 3.8) is 0 Å². The first-order valence-corrected chi connectivity index (χ1v) is 11.1. The molecule has 6 nitrogen and oxygen atoms in total. The van der Waals surface area contributed by atoms with Crippen molar-refractivity contribution in [2.24, 2.45) is 5.92 Å². The lowest BCUT2D eigenvalue weighted by atomic mass is 9.88. The minimum absolute atomic E-state index is 0.0323. The Bertz CT molecular complexity index is 734. The molecule has 2 fully saturated rings. The summed E-state index contributed by atoms with van der Waals surface area (Å²) in [7, 11) is 0. The third kappa shape index (κ3) is 4.58. The van der Waals surface area contributed by atoms with Crippen molar-refractivity contribution in [1.29, 1.82) is 0 Å². The van der Waals surface area contributed by atoms with Gasteiger partial charge in [-0.15, -0.1) is 0 Å². The summed E-state index contributed by atoms with van der Waals surface area (Å²) < 4.78 is 11.1. The Morgan fingerprint density at radius 2 is 1.59 bits per heavy atom. The summed E-state index contributed by atoms with van der Waals surface area (Å²) in [6.45, 7) is 6.47. The van der Waals surface area contributed by atoms with E-state index in [1.54, 1.807) is 6.07 Å². The average Bonchev–Trinajstić information content (AvgIpc) is 3.07. The minimum atomic E-state index is -0.0573. The van der Waals surface area contributed by atoms with Crippen molar-refractivity contribution in [2.45, 2.75) is 51.5 Å². The number of amides is 1. The van der Waals surface area contributed by atoms with Crippen LogP contribution in [0, 0.1) is 5.92 Å². The molecule has 6 heteroatoms. The molecule has 0 aliphatic carbocycles. The Balaban J connectivity index is 1.32. The normalized spacial score (nSPS) is 22.0. The third-order valence-corrected chi connectivity index (χ3v) is 6.55. The van der Waals surface area contributed by atoms with Crippen LogP contribution < -0.4 is 9.47 Å². The van der Waals surface area contributed by atoms with Gasteiger partial charge in [0.05, 0.1) is 6.04 Å². The molecule has 1 aromatic rings. The molecule has 0 N–H and O–H groups in total. The fourth-order valence-corrected chi connectivity index (χ4v) is 4.70. The summed E-state index contributed by atoms with van der Waals surface area (Å²) in [5.41, 5.74) is 0.678. The van der Waals surface area contributed by atoms with E-state index >= 15 is 0 Å². The predicted molar refractivity (Wildman–Crippen MR) is 111 cm³/mol. The van der Waals surface area contributed by atoms with E-state index in [0.29, 0.717) is 43.4 Å². The highest BCUT2D eigenvalue weighted by molar-refractivity contribution is 5.98. The lowest BCUT2D eigenvalue weighted by molar-refractivity contribution is -0.137. The smallest absolute Gasteiger partial charge is 0.239 e. The number of fused-ring (bicyclic) bond motifs is 1. The van der Waals surface area contributed by atoms with E-state index in [4.69, 9.17) is 9.47 Å². The van der Waals surface area contributed by atoms with Crippen LogP contribution in [0.4, 0.5) is 0 Å². The number of Topliss-reactive ketones (excluding diaryl/α,β-unsaturated/α-hetero) is 1. The van der Waals surface area contributed by atoms with E-state index in [-0.39, 0.29) is 23.7 Å². The number of ketones is 1. The molecule has 0 aromatic heterocycles. The van der Waals surface area contributed by atoms with Crippen molar-refractivity contribution in [3.8, 4) is 11.5 Å². The molecule has 2 saturated heterocycles. The Hall–Kier alpha value is -2.08. The number of ether oxygens (including phenoxy) is 2. The van der Waals surface area contributed by atoms with E-state index in [9.17, 15) is 9.59 Å². The number of piperidine rings is 1. The molecule has 0 bridgehead atoms. The molecular weight excluding hydrogens is 368 g/mol. The van der Waals surface area contributed by atoms with E-state index < -0.39 is 0 Å². The Labute approximate surface area is 173 Å². The first-order chi connectivity index (χ1) is 14.1. The minimum Gasteiger partial charge on any atom is -0.486 e. The lowest BCUT2D eigenvalue weighted by Crippen LogP contribution is -2.50. The van der Waals surface area contributed by atoms with Crippen LogP contribution in [0.2, 0.25) is 0 Å². The van der Waals surface area contributed by atoms with Crippen molar-refractivity contribution in [3.05, 3.63) is 23.8 Å². The number of hydrogen-bond donors (Lipinski definition) is 0. The molecule has 0 radical (unpaired) electrons. The lowest BCUT2D eigenvalue weighted by Gasteiger charge is -2.36. The maximum absolute atomic E-state index is 13.0. The van der Waals surface area contributed by atoms with E-state index in [1.807, 2.05) is 24.0 Å². The van der Waals surface area contributed by atoms with E-state index in [1.165, 1.54) is 25.7 Å². The zero-order valence-electron chi connectivity index (χ0n) is 17.4. The van der Waals surface area contributed by atoms with Gasteiger partial charge in [0.25, 0.3) is 0 Å². The van der Waals surface area contributed by atoms with Gasteiger partial charge in [-0.05, 0) is 63.9 Å². The second-order valence-electron chi connectivity index (χ2n) is 8.45.